The summed E-state index contributed by atoms with van der Waals surface area (Å²) in [6, 6.07) is 0. The van der Waals surface area contributed by atoms with E-state index in [1.807, 2.05) is 5.57 Å². The van der Waals surface area contributed by atoms with Crippen LogP contribution in [0.4, 0.5) is 0 Å². The van der Waals surface area contributed by atoms with Crippen LogP contribution in [-0.2, 0) is 9.53 Å². The largest absolute Gasteiger partial charge is 0.462 e. The van der Waals surface area contributed by atoms with Crippen molar-refractivity contribution in [1.82, 2.24) is 0 Å². The molecular formula is C54H96O2. The van der Waals surface area contributed by atoms with Crippen LogP contribution >= 0.6 is 0 Å². The van der Waals surface area contributed by atoms with E-state index < -0.39 is 0 Å². The molecule has 2 heteroatoms. The Morgan fingerprint density at radius 3 is 1.57 bits per heavy atom. The standard InChI is InChI=1S/C54H96O2/c1-10-11-12-13-14-15-16-17-18-19-20-21-22-23-24-25-26-27-28-29-30-31-48(55)56-47-35-36-52(7)45(50(47,4)5)34-37-54(9)46(52)33-32-43-44-42-49(2,3)38-39-51(44,6)40-41-53(43,54)8/h42-43,45-47H,10-41H2,1-9H3/t43-,45+,46-,47+,51-,52+,53-,54-/m1/s1. The fourth-order valence-corrected chi connectivity index (χ4v) is 14.7. The zero-order valence-electron chi connectivity index (χ0n) is 39.3. The molecule has 0 bridgehead atoms. The highest BCUT2D eigenvalue weighted by atomic mass is 16.5. The highest BCUT2D eigenvalue weighted by Gasteiger charge is 2.69. The van der Waals surface area contributed by atoms with E-state index in [9.17, 15) is 4.79 Å². The minimum atomic E-state index is 0.0375. The molecule has 0 aromatic carbocycles. The Bertz CT molecular complexity index is 1240. The summed E-state index contributed by atoms with van der Waals surface area (Å²) in [5, 5.41) is 0. The highest BCUT2D eigenvalue weighted by molar-refractivity contribution is 5.69. The van der Waals surface area contributed by atoms with E-state index in [0.29, 0.717) is 39.4 Å². The lowest BCUT2D eigenvalue weighted by Gasteiger charge is -2.72. The summed E-state index contributed by atoms with van der Waals surface area (Å²) in [4.78, 5) is 13.3. The molecule has 0 heterocycles. The topological polar surface area (TPSA) is 26.3 Å². The number of hydrogen-bond donors (Lipinski definition) is 0. The molecule has 5 rings (SSSR count). The van der Waals surface area contributed by atoms with Crippen molar-refractivity contribution in [1.29, 1.82) is 0 Å². The van der Waals surface area contributed by atoms with Gasteiger partial charge in [0.1, 0.15) is 6.10 Å². The van der Waals surface area contributed by atoms with Crippen LogP contribution in [0.5, 0.6) is 0 Å². The Morgan fingerprint density at radius 1 is 0.536 bits per heavy atom. The molecule has 324 valence electrons. The lowest BCUT2D eigenvalue weighted by Crippen LogP contribution is -2.66. The molecule has 0 amide bonds. The van der Waals surface area contributed by atoms with Crippen LogP contribution in [0.15, 0.2) is 11.6 Å². The van der Waals surface area contributed by atoms with Crippen molar-refractivity contribution in [2.24, 2.45) is 50.2 Å². The summed E-state index contributed by atoms with van der Waals surface area (Å²) < 4.78 is 6.45. The number of hydrogen-bond acceptors (Lipinski definition) is 2. The molecule has 8 atom stereocenters. The van der Waals surface area contributed by atoms with Crippen LogP contribution in [0.1, 0.15) is 268 Å². The first-order valence-electron chi connectivity index (χ1n) is 25.6. The van der Waals surface area contributed by atoms with Crippen LogP contribution in [-0.4, -0.2) is 12.1 Å². The van der Waals surface area contributed by atoms with Crippen molar-refractivity contribution in [3.05, 3.63) is 11.6 Å². The maximum Gasteiger partial charge on any atom is 0.306 e. The summed E-state index contributed by atoms with van der Waals surface area (Å²) in [5.41, 5.74) is 3.79. The van der Waals surface area contributed by atoms with Gasteiger partial charge in [-0.3, -0.25) is 4.79 Å². The van der Waals surface area contributed by atoms with Crippen LogP contribution in [0.3, 0.4) is 0 Å². The second-order valence-electron chi connectivity index (χ2n) is 23.4. The van der Waals surface area contributed by atoms with E-state index in [1.54, 1.807) is 0 Å². The molecule has 5 aliphatic rings. The van der Waals surface area contributed by atoms with Crippen LogP contribution in [0.25, 0.3) is 0 Å². The third kappa shape index (κ3) is 10.6. The number of fused-ring (bicyclic) bond motifs is 7. The van der Waals surface area contributed by atoms with Crippen LogP contribution < -0.4 is 0 Å². The maximum atomic E-state index is 13.3. The number of carbonyl (C=O) groups excluding carboxylic acids is 1. The fraction of sp³-hybridized carbons (Fsp3) is 0.944. The van der Waals surface area contributed by atoms with Gasteiger partial charge in [0.05, 0.1) is 0 Å². The zero-order chi connectivity index (χ0) is 40.5. The second kappa shape index (κ2) is 20.2. The van der Waals surface area contributed by atoms with Gasteiger partial charge in [-0.1, -0.05) is 202 Å². The summed E-state index contributed by atoms with van der Waals surface area (Å²) in [7, 11) is 0. The van der Waals surface area contributed by atoms with Gasteiger partial charge in [-0.25, -0.2) is 0 Å². The van der Waals surface area contributed by atoms with Gasteiger partial charge in [-0.2, -0.15) is 0 Å². The molecule has 4 saturated carbocycles. The Labute approximate surface area is 350 Å². The Balaban J connectivity index is 0.950. The van der Waals surface area contributed by atoms with Crippen molar-refractivity contribution in [2.75, 3.05) is 0 Å². The van der Waals surface area contributed by atoms with Crippen molar-refractivity contribution in [2.45, 2.75) is 274 Å². The van der Waals surface area contributed by atoms with E-state index in [1.165, 1.54) is 186 Å². The SMILES string of the molecule is CCCCCCCCCCCCCCCCCCCCCCCC(=O)O[C@H]1CC[C@]2(C)[C@H]3CC[C@@H]4C5=CC(C)(C)CC[C@]5(C)CC[C@@]4(C)[C@]3(C)CC[C@H]2C1(C)C. The molecule has 2 nitrogen and oxygen atoms in total. The van der Waals surface area contributed by atoms with E-state index in [-0.39, 0.29) is 17.5 Å². The molecule has 0 spiro atoms. The minimum Gasteiger partial charge on any atom is -0.462 e. The van der Waals surface area contributed by atoms with Gasteiger partial charge < -0.3 is 4.74 Å². The van der Waals surface area contributed by atoms with E-state index in [2.05, 4.69) is 68.4 Å². The first-order chi connectivity index (χ1) is 26.6. The summed E-state index contributed by atoms with van der Waals surface area (Å²) >= 11 is 0. The molecule has 0 radical (unpaired) electrons. The highest BCUT2D eigenvalue weighted by Crippen LogP contribution is 2.76. The third-order valence-corrected chi connectivity index (χ3v) is 18.7. The Hall–Kier alpha value is -0.790. The number of ether oxygens (including phenoxy) is 1. The molecule has 0 unspecified atom stereocenters. The van der Waals surface area contributed by atoms with Gasteiger partial charge in [0.2, 0.25) is 0 Å². The Morgan fingerprint density at radius 2 is 1.04 bits per heavy atom. The normalized spacial score (nSPS) is 35.8. The van der Waals surface area contributed by atoms with E-state index in [4.69, 9.17) is 4.74 Å². The Kier molecular flexibility index (Phi) is 16.7. The average molecular weight is 777 g/mol. The maximum absolute atomic E-state index is 13.3. The van der Waals surface area contributed by atoms with E-state index >= 15 is 0 Å². The fourth-order valence-electron chi connectivity index (χ4n) is 14.7. The van der Waals surface area contributed by atoms with Crippen LogP contribution in [0, 0.1) is 50.2 Å². The van der Waals surface area contributed by atoms with Gasteiger partial charge in [0.25, 0.3) is 0 Å². The summed E-state index contributed by atoms with van der Waals surface area (Å²) in [5.74, 6) is 2.23. The monoisotopic (exact) mass is 777 g/mol. The first-order valence-corrected chi connectivity index (χ1v) is 25.6. The van der Waals surface area contributed by atoms with Gasteiger partial charge in [0.15, 0.2) is 0 Å². The number of esters is 1. The molecule has 56 heavy (non-hydrogen) atoms. The quantitative estimate of drug-likeness (QED) is 0.0587. The van der Waals surface area contributed by atoms with Gasteiger partial charge in [0, 0.05) is 11.8 Å². The summed E-state index contributed by atoms with van der Waals surface area (Å²) in [6.07, 6.45) is 45.9. The van der Waals surface area contributed by atoms with Crippen molar-refractivity contribution >= 4 is 5.97 Å². The number of allylic oxidation sites excluding steroid dienone is 2. The molecular weight excluding hydrogens is 681 g/mol. The predicted octanol–water partition coefficient (Wildman–Crippen LogP) is 17.3. The molecule has 0 aromatic heterocycles. The molecule has 5 aliphatic carbocycles. The van der Waals surface area contributed by atoms with E-state index in [0.717, 1.165) is 24.7 Å². The molecule has 0 aliphatic heterocycles. The smallest absolute Gasteiger partial charge is 0.306 e. The van der Waals surface area contributed by atoms with Crippen molar-refractivity contribution in [3.63, 3.8) is 0 Å². The van der Waals surface area contributed by atoms with Crippen molar-refractivity contribution < 1.29 is 9.53 Å². The number of rotatable bonds is 23. The second-order valence-corrected chi connectivity index (χ2v) is 23.4. The predicted molar refractivity (Wildman–Crippen MR) is 242 cm³/mol. The van der Waals surface area contributed by atoms with Gasteiger partial charge >= 0.3 is 5.97 Å². The van der Waals surface area contributed by atoms with Gasteiger partial charge in [-0.15, -0.1) is 0 Å². The van der Waals surface area contributed by atoms with Gasteiger partial charge in [-0.05, 0) is 115 Å². The molecule has 0 saturated heterocycles. The first kappa shape index (κ1) is 46.3. The van der Waals surface area contributed by atoms with Crippen molar-refractivity contribution in [3.8, 4) is 0 Å². The number of unbranched alkanes of at least 4 members (excludes halogenated alkanes) is 20. The molecule has 0 N–H and O–H groups in total. The average Bonchev–Trinajstić information content (AvgIpc) is 3.14. The lowest BCUT2D eigenvalue weighted by molar-refractivity contribution is -0.233. The minimum absolute atomic E-state index is 0.0375. The lowest BCUT2D eigenvalue weighted by atomic mass is 9.32. The number of carbonyl (C=O) groups is 1. The zero-order valence-corrected chi connectivity index (χ0v) is 39.3. The molecule has 0 aromatic rings. The molecule has 4 fully saturated rings. The third-order valence-electron chi connectivity index (χ3n) is 18.7. The summed E-state index contributed by atoms with van der Waals surface area (Å²) in [6.45, 7) is 23.0. The van der Waals surface area contributed by atoms with Crippen LogP contribution in [0.2, 0.25) is 0 Å².